The Morgan fingerprint density at radius 3 is 2.63 bits per heavy atom. The summed E-state index contributed by atoms with van der Waals surface area (Å²) in [5.41, 5.74) is 3.51. The Balaban J connectivity index is 1.61. The normalized spacial score (nSPS) is 21.1. The second-order valence-electron chi connectivity index (χ2n) is 6.77. The van der Waals surface area contributed by atoms with Crippen LogP contribution < -0.4 is 10.2 Å². The van der Waals surface area contributed by atoms with Crippen molar-refractivity contribution in [3.8, 4) is 0 Å². The van der Waals surface area contributed by atoms with Gasteiger partial charge in [0.25, 0.3) is 0 Å². The first kappa shape index (κ1) is 13.0. The summed E-state index contributed by atoms with van der Waals surface area (Å²) in [7, 11) is 0. The van der Waals surface area contributed by atoms with Crippen LogP contribution in [0.1, 0.15) is 45.1 Å². The number of rotatable bonds is 4. The van der Waals surface area contributed by atoms with E-state index in [1.165, 1.54) is 50.0 Å². The van der Waals surface area contributed by atoms with Gasteiger partial charge in [0.15, 0.2) is 0 Å². The molecule has 0 amide bonds. The number of nitrogens with zero attached hydrogens (tertiary/aromatic N) is 1. The minimum atomic E-state index is 0.550. The molecule has 2 aliphatic rings. The molecule has 2 nitrogen and oxygen atoms in total. The summed E-state index contributed by atoms with van der Waals surface area (Å²) in [5, 5.41) is 3.49. The first-order valence-electron chi connectivity index (χ1n) is 7.74. The standard InChI is InChI=1S/C17H26N2/c1-14(2)18-11-15-6-5-7-16(10-15)19-12-17(13-19)8-3-4-9-17/h5-7,10,14,18H,3-4,8-9,11-13H2,1-2H3. The number of benzene rings is 1. The molecule has 1 saturated heterocycles. The summed E-state index contributed by atoms with van der Waals surface area (Å²) in [6.45, 7) is 7.94. The van der Waals surface area contributed by atoms with Crippen LogP contribution >= 0.6 is 0 Å². The van der Waals surface area contributed by atoms with E-state index in [2.05, 4.69) is 48.3 Å². The molecule has 2 fully saturated rings. The number of anilines is 1. The zero-order valence-corrected chi connectivity index (χ0v) is 12.3. The fourth-order valence-corrected chi connectivity index (χ4v) is 3.57. The van der Waals surface area contributed by atoms with Gasteiger partial charge in [-0.2, -0.15) is 0 Å². The zero-order valence-electron chi connectivity index (χ0n) is 12.3. The lowest BCUT2D eigenvalue weighted by atomic mass is 9.78. The molecule has 1 aromatic carbocycles. The maximum Gasteiger partial charge on any atom is 0.0369 e. The minimum Gasteiger partial charge on any atom is -0.370 e. The van der Waals surface area contributed by atoms with Crippen molar-refractivity contribution in [1.29, 1.82) is 0 Å². The molecular formula is C17H26N2. The van der Waals surface area contributed by atoms with Gasteiger partial charge in [-0.05, 0) is 30.5 Å². The molecule has 1 aliphatic carbocycles. The summed E-state index contributed by atoms with van der Waals surface area (Å²) in [5.74, 6) is 0. The summed E-state index contributed by atoms with van der Waals surface area (Å²) < 4.78 is 0. The van der Waals surface area contributed by atoms with Crippen molar-refractivity contribution in [2.75, 3.05) is 18.0 Å². The molecule has 19 heavy (non-hydrogen) atoms. The van der Waals surface area contributed by atoms with Crippen LogP contribution in [0, 0.1) is 5.41 Å². The summed E-state index contributed by atoms with van der Waals surface area (Å²) in [6.07, 6.45) is 5.81. The topological polar surface area (TPSA) is 15.3 Å². The summed E-state index contributed by atoms with van der Waals surface area (Å²) in [4.78, 5) is 2.56. The first-order valence-corrected chi connectivity index (χ1v) is 7.74. The molecule has 1 N–H and O–H groups in total. The van der Waals surface area contributed by atoms with Gasteiger partial charge in [0.05, 0.1) is 0 Å². The van der Waals surface area contributed by atoms with Crippen LogP contribution in [0.25, 0.3) is 0 Å². The molecule has 0 atom stereocenters. The highest BCUT2D eigenvalue weighted by Gasteiger charge is 2.44. The quantitative estimate of drug-likeness (QED) is 0.888. The van der Waals surface area contributed by atoms with E-state index >= 15 is 0 Å². The fraction of sp³-hybridized carbons (Fsp3) is 0.647. The maximum atomic E-state index is 3.49. The van der Waals surface area contributed by atoms with Crippen LogP contribution in [-0.4, -0.2) is 19.1 Å². The van der Waals surface area contributed by atoms with Crippen LogP contribution in [0.2, 0.25) is 0 Å². The van der Waals surface area contributed by atoms with Crippen molar-refractivity contribution >= 4 is 5.69 Å². The van der Waals surface area contributed by atoms with E-state index in [0.29, 0.717) is 11.5 Å². The van der Waals surface area contributed by atoms with E-state index in [9.17, 15) is 0 Å². The van der Waals surface area contributed by atoms with E-state index < -0.39 is 0 Å². The molecule has 104 valence electrons. The Morgan fingerprint density at radius 1 is 1.21 bits per heavy atom. The van der Waals surface area contributed by atoms with E-state index in [0.717, 1.165) is 6.54 Å². The van der Waals surface area contributed by atoms with Gasteiger partial charge < -0.3 is 10.2 Å². The highest BCUT2D eigenvalue weighted by molar-refractivity contribution is 5.52. The first-order chi connectivity index (χ1) is 9.17. The molecular weight excluding hydrogens is 232 g/mol. The molecule has 1 spiro atoms. The Hall–Kier alpha value is -1.02. The van der Waals surface area contributed by atoms with Crippen LogP contribution in [0.4, 0.5) is 5.69 Å². The predicted molar refractivity (Wildman–Crippen MR) is 81.5 cm³/mol. The average Bonchev–Trinajstić information content (AvgIpc) is 2.84. The summed E-state index contributed by atoms with van der Waals surface area (Å²) in [6, 6.07) is 9.60. The number of hydrogen-bond acceptors (Lipinski definition) is 2. The molecule has 1 aromatic rings. The highest BCUT2D eigenvalue weighted by atomic mass is 15.2. The zero-order chi connectivity index (χ0) is 13.3. The van der Waals surface area contributed by atoms with Crippen LogP contribution in [0.15, 0.2) is 24.3 Å². The van der Waals surface area contributed by atoms with Gasteiger partial charge in [-0.25, -0.2) is 0 Å². The average molecular weight is 258 g/mol. The van der Waals surface area contributed by atoms with Crippen molar-refractivity contribution in [3.63, 3.8) is 0 Å². The summed E-state index contributed by atoms with van der Waals surface area (Å²) >= 11 is 0. The van der Waals surface area contributed by atoms with Gasteiger partial charge in [-0.15, -0.1) is 0 Å². The SMILES string of the molecule is CC(C)NCc1cccc(N2CC3(CCCC3)C2)c1. The van der Waals surface area contributed by atoms with Crippen LogP contribution in [-0.2, 0) is 6.54 Å². The smallest absolute Gasteiger partial charge is 0.0369 e. The van der Waals surface area contributed by atoms with Gasteiger partial charge in [-0.1, -0.05) is 38.8 Å². The van der Waals surface area contributed by atoms with Gasteiger partial charge in [0.2, 0.25) is 0 Å². The molecule has 0 radical (unpaired) electrons. The third kappa shape index (κ3) is 2.79. The monoisotopic (exact) mass is 258 g/mol. The Bertz CT molecular complexity index is 425. The lowest BCUT2D eigenvalue weighted by molar-refractivity contribution is 0.222. The van der Waals surface area contributed by atoms with Crippen LogP contribution in [0.5, 0.6) is 0 Å². The number of nitrogens with one attached hydrogen (secondary N) is 1. The van der Waals surface area contributed by atoms with Gasteiger partial charge in [0.1, 0.15) is 0 Å². The van der Waals surface area contributed by atoms with Crippen LogP contribution in [0.3, 0.4) is 0 Å². The van der Waals surface area contributed by atoms with Crippen molar-refractivity contribution in [3.05, 3.63) is 29.8 Å². The predicted octanol–water partition coefficient (Wildman–Crippen LogP) is 3.57. The van der Waals surface area contributed by atoms with E-state index in [1.54, 1.807) is 0 Å². The van der Waals surface area contributed by atoms with Crippen molar-refractivity contribution in [1.82, 2.24) is 5.32 Å². The highest BCUT2D eigenvalue weighted by Crippen LogP contribution is 2.46. The number of hydrogen-bond donors (Lipinski definition) is 1. The molecule has 1 heterocycles. The maximum absolute atomic E-state index is 3.49. The van der Waals surface area contributed by atoms with Crippen molar-refractivity contribution < 1.29 is 0 Å². The fourth-order valence-electron chi connectivity index (χ4n) is 3.57. The lowest BCUT2D eigenvalue weighted by Gasteiger charge is -2.50. The van der Waals surface area contributed by atoms with Gasteiger partial charge in [-0.3, -0.25) is 0 Å². The second kappa shape index (κ2) is 5.16. The molecule has 2 heteroatoms. The minimum absolute atomic E-state index is 0.550. The van der Waals surface area contributed by atoms with Crippen molar-refractivity contribution in [2.45, 2.75) is 52.1 Å². The second-order valence-corrected chi connectivity index (χ2v) is 6.77. The van der Waals surface area contributed by atoms with Gasteiger partial charge >= 0.3 is 0 Å². The third-order valence-corrected chi connectivity index (χ3v) is 4.71. The molecule has 3 rings (SSSR count). The third-order valence-electron chi connectivity index (χ3n) is 4.71. The Morgan fingerprint density at radius 2 is 1.95 bits per heavy atom. The Labute approximate surface area is 117 Å². The Kier molecular flexibility index (Phi) is 3.53. The van der Waals surface area contributed by atoms with Crippen molar-refractivity contribution in [2.24, 2.45) is 5.41 Å². The molecule has 0 aromatic heterocycles. The molecule has 1 saturated carbocycles. The molecule has 1 aliphatic heterocycles. The molecule has 0 bridgehead atoms. The van der Waals surface area contributed by atoms with E-state index in [-0.39, 0.29) is 0 Å². The van der Waals surface area contributed by atoms with E-state index in [1.807, 2.05) is 0 Å². The largest absolute Gasteiger partial charge is 0.370 e. The van der Waals surface area contributed by atoms with Gasteiger partial charge in [0, 0.05) is 36.8 Å². The molecule has 0 unspecified atom stereocenters. The van der Waals surface area contributed by atoms with E-state index in [4.69, 9.17) is 0 Å². The lowest BCUT2D eigenvalue weighted by Crippen LogP contribution is -2.55.